The van der Waals surface area contributed by atoms with Gasteiger partial charge in [-0.05, 0) is 37.6 Å². The number of guanidine groups is 1. The van der Waals surface area contributed by atoms with Crippen molar-refractivity contribution in [2.45, 2.75) is 25.3 Å². The number of anilines is 1. The second kappa shape index (κ2) is 9.10. The van der Waals surface area contributed by atoms with Gasteiger partial charge in [-0.1, -0.05) is 54.1 Å². The number of halogens is 1. The maximum absolute atomic E-state index is 13.3. The van der Waals surface area contributed by atoms with Crippen molar-refractivity contribution in [3.63, 3.8) is 0 Å². The Kier molecular flexibility index (Phi) is 6.53. The van der Waals surface area contributed by atoms with E-state index in [1.165, 1.54) is 12.1 Å². The van der Waals surface area contributed by atoms with Crippen LogP contribution < -0.4 is 11.1 Å². The molecule has 2 aromatic carbocycles. The van der Waals surface area contributed by atoms with Crippen LogP contribution in [0.2, 0.25) is 5.02 Å². The van der Waals surface area contributed by atoms with E-state index in [2.05, 4.69) is 15.3 Å². The molecule has 3 N–H and O–H groups in total. The van der Waals surface area contributed by atoms with Crippen LogP contribution in [0.1, 0.15) is 17.0 Å². The minimum atomic E-state index is -4.24. The molecule has 3 rings (SSSR count). The van der Waals surface area contributed by atoms with Crippen LogP contribution in [0.5, 0.6) is 0 Å². The summed E-state index contributed by atoms with van der Waals surface area (Å²) in [6, 6.07) is 16.9. The fourth-order valence-electron chi connectivity index (χ4n) is 2.66. The maximum atomic E-state index is 13.3. The number of aryl methyl sites for hydroxylation is 2. The molecule has 3 aromatic rings. The van der Waals surface area contributed by atoms with Gasteiger partial charge in [-0.25, -0.2) is 15.3 Å². The van der Waals surface area contributed by atoms with E-state index in [1.807, 2.05) is 18.2 Å². The highest BCUT2D eigenvalue weighted by molar-refractivity contribution is 7.85. The second-order valence-electron chi connectivity index (χ2n) is 6.41. The first-order valence-electron chi connectivity index (χ1n) is 8.96. The van der Waals surface area contributed by atoms with Gasteiger partial charge in [0.1, 0.15) is 4.90 Å². The first-order chi connectivity index (χ1) is 14.3. The normalized spacial score (nSPS) is 12.2. The summed E-state index contributed by atoms with van der Waals surface area (Å²) in [6.45, 7) is 3.54. The molecule has 10 heteroatoms. The van der Waals surface area contributed by atoms with Crippen molar-refractivity contribution in [1.29, 1.82) is 0 Å². The minimum absolute atomic E-state index is 0.0411. The van der Waals surface area contributed by atoms with Gasteiger partial charge in [-0.3, -0.25) is 5.73 Å². The van der Waals surface area contributed by atoms with Crippen molar-refractivity contribution in [3.8, 4) is 0 Å². The lowest BCUT2D eigenvalue weighted by atomic mass is 10.2. The Labute approximate surface area is 180 Å². The zero-order valence-corrected chi connectivity index (χ0v) is 18.0. The van der Waals surface area contributed by atoms with Crippen molar-refractivity contribution in [3.05, 3.63) is 82.6 Å². The molecule has 0 radical (unpaired) electrons. The third kappa shape index (κ3) is 5.05. The Morgan fingerprint density at radius 3 is 2.30 bits per heavy atom. The number of rotatable bonds is 6. The summed E-state index contributed by atoms with van der Waals surface area (Å²) in [7, 11) is -4.24. The molecule has 0 spiro atoms. The van der Waals surface area contributed by atoms with E-state index >= 15 is 0 Å². The fraction of sp³-hybridized carbons (Fsp3) is 0.150. The summed E-state index contributed by atoms with van der Waals surface area (Å²) in [6.07, 6.45) is 0. The number of hydrogen-bond acceptors (Lipinski definition) is 5. The average molecular weight is 447 g/mol. The molecule has 0 fully saturated rings. The average Bonchev–Trinajstić information content (AvgIpc) is 2.68. The van der Waals surface area contributed by atoms with Crippen molar-refractivity contribution in [2.75, 3.05) is 5.32 Å². The second-order valence-corrected chi connectivity index (χ2v) is 8.53. The van der Waals surface area contributed by atoms with Gasteiger partial charge in [0.25, 0.3) is 5.95 Å². The topological polar surface area (TPSA) is 110 Å². The predicted octanol–water partition coefficient (Wildman–Crippen LogP) is 3.01. The Bertz CT molecular complexity index is 1160. The number of nitrogens with two attached hydrogens (primary N) is 1. The van der Waals surface area contributed by atoms with Crippen molar-refractivity contribution in [2.24, 2.45) is 5.73 Å². The minimum Gasteiger partial charge on any atom is -0.341 e. The molecular formula is C20H21ClN5O3S+. The number of aromatic nitrogens is 2. The van der Waals surface area contributed by atoms with Crippen LogP contribution in [0.3, 0.4) is 0 Å². The third-order valence-electron chi connectivity index (χ3n) is 3.94. The van der Waals surface area contributed by atoms with Crippen LogP contribution in [0.15, 0.2) is 65.6 Å². The van der Waals surface area contributed by atoms with Gasteiger partial charge in [-0.2, -0.15) is 8.42 Å². The van der Waals surface area contributed by atoms with Gasteiger partial charge in [0.05, 0.1) is 5.02 Å². The zero-order valence-electron chi connectivity index (χ0n) is 16.4. The highest BCUT2D eigenvalue weighted by atomic mass is 35.5. The number of nitrogens with one attached hydrogen (secondary N) is 1. The lowest BCUT2D eigenvalue weighted by Crippen LogP contribution is -2.39. The molecule has 0 saturated carbocycles. The molecule has 0 aliphatic rings. The highest BCUT2D eigenvalue weighted by Crippen LogP contribution is 2.23. The summed E-state index contributed by atoms with van der Waals surface area (Å²) in [5.41, 5.74) is 8.24. The molecule has 30 heavy (non-hydrogen) atoms. The van der Waals surface area contributed by atoms with Crippen molar-refractivity contribution < 1.29 is 17.4 Å². The summed E-state index contributed by atoms with van der Waals surface area (Å²) >= 11 is 6.12. The molecule has 0 atom stereocenters. The Balaban J connectivity index is 2.03. The van der Waals surface area contributed by atoms with E-state index in [4.69, 9.17) is 22.2 Å². The van der Waals surface area contributed by atoms with E-state index < -0.39 is 10.0 Å². The number of hydrogen-bond donors (Lipinski definition) is 2. The molecular weight excluding hydrogens is 426 g/mol. The number of nitrogens with zero attached hydrogens (tertiary/aromatic N) is 3. The standard InChI is InChI=1S/C20H20ClN5O3S/c1-14-12-15(2)24-20(23-14)25-19(22)26(29-13-16-8-4-3-5-9-16)30(27,28)18-11-7-6-10-17(18)21/h3-12H,13H2,1-2H3,(H2,22,23,24,25)/p+1. The van der Waals surface area contributed by atoms with Gasteiger partial charge in [0, 0.05) is 15.5 Å². The van der Waals surface area contributed by atoms with E-state index in [0.717, 1.165) is 5.56 Å². The predicted molar refractivity (Wildman–Crippen MR) is 114 cm³/mol. The lowest BCUT2D eigenvalue weighted by molar-refractivity contribution is -0.682. The van der Waals surface area contributed by atoms with Crippen LogP contribution >= 0.6 is 11.6 Å². The maximum Gasteiger partial charge on any atom is 0.404 e. The van der Waals surface area contributed by atoms with Crippen LogP contribution in [0, 0.1) is 13.8 Å². The SMILES string of the molecule is Cc1cc(C)nc(NC(N)=[N+](OCc2ccccc2)S(=O)(=O)c2ccccc2Cl)n1. The van der Waals surface area contributed by atoms with Crippen LogP contribution in [-0.4, -0.2) is 28.5 Å². The quantitative estimate of drug-likeness (QED) is 0.259. The van der Waals surface area contributed by atoms with Gasteiger partial charge in [0.2, 0.25) is 0 Å². The van der Waals surface area contributed by atoms with Gasteiger partial charge in [0.15, 0.2) is 6.61 Å². The molecule has 0 saturated heterocycles. The Morgan fingerprint density at radius 2 is 1.67 bits per heavy atom. The van der Waals surface area contributed by atoms with E-state index in [0.29, 0.717) is 15.5 Å². The van der Waals surface area contributed by atoms with Gasteiger partial charge < -0.3 is 4.84 Å². The van der Waals surface area contributed by atoms with E-state index in [1.54, 1.807) is 44.2 Å². The van der Waals surface area contributed by atoms with Crippen LogP contribution in [0.4, 0.5) is 5.95 Å². The van der Waals surface area contributed by atoms with Crippen molar-refractivity contribution >= 4 is 33.5 Å². The fourth-order valence-corrected chi connectivity index (χ4v) is 4.33. The number of benzene rings is 2. The molecule has 0 unspecified atom stereocenters. The number of sulfonamides is 1. The summed E-state index contributed by atoms with van der Waals surface area (Å²) in [5, 5.41) is 2.75. The van der Waals surface area contributed by atoms with Crippen molar-refractivity contribution in [1.82, 2.24) is 9.97 Å². The lowest BCUT2D eigenvalue weighted by Gasteiger charge is -2.13. The Hall–Kier alpha value is -3.17. The van der Waals surface area contributed by atoms with E-state index in [9.17, 15) is 8.42 Å². The largest absolute Gasteiger partial charge is 0.404 e. The van der Waals surface area contributed by atoms with Gasteiger partial charge in [-0.15, -0.1) is 0 Å². The molecule has 156 valence electrons. The third-order valence-corrected chi connectivity index (χ3v) is 6.04. The molecule has 8 nitrogen and oxygen atoms in total. The zero-order chi connectivity index (χ0) is 21.7. The summed E-state index contributed by atoms with van der Waals surface area (Å²) in [5.74, 6) is -0.177. The van der Waals surface area contributed by atoms with Crippen LogP contribution in [0.25, 0.3) is 0 Å². The highest BCUT2D eigenvalue weighted by Gasteiger charge is 2.31. The molecule has 0 amide bonds. The summed E-state index contributed by atoms with van der Waals surface area (Å²) in [4.78, 5) is 13.9. The molecule has 1 heterocycles. The van der Waals surface area contributed by atoms with E-state index in [-0.39, 0.29) is 28.4 Å². The monoisotopic (exact) mass is 446 g/mol. The van der Waals surface area contributed by atoms with Crippen LogP contribution in [-0.2, 0) is 21.5 Å². The molecule has 0 bridgehead atoms. The summed E-state index contributed by atoms with van der Waals surface area (Å²) < 4.78 is 27.1. The first kappa shape index (κ1) is 21.5. The molecule has 1 aromatic heterocycles. The Morgan fingerprint density at radius 1 is 1.07 bits per heavy atom. The smallest absolute Gasteiger partial charge is 0.341 e. The van der Waals surface area contributed by atoms with Gasteiger partial charge >= 0.3 is 16.0 Å². The first-order valence-corrected chi connectivity index (χ1v) is 10.8. The molecule has 0 aliphatic heterocycles. The molecule has 0 aliphatic carbocycles.